The molecule has 0 bridgehead atoms. The molecule has 0 saturated carbocycles. The third-order valence-electron chi connectivity index (χ3n) is 14.7. The van der Waals surface area contributed by atoms with Crippen LogP contribution in [0.15, 0.2) is 131 Å². The molecule has 1 fully saturated rings. The Labute approximate surface area is 487 Å². The maximum Gasteiger partial charge on any atom is 0.230 e. The van der Waals surface area contributed by atoms with Crippen molar-refractivity contribution in [2.24, 2.45) is 0 Å². The van der Waals surface area contributed by atoms with Crippen molar-refractivity contribution in [1.82, 2.24) is 59.6 Å². The highest BCUT2D eigenvalue weighted by atomic mass is 16.5. The van der Waals surface area contributed by atoms with Gasteiger partial charge in [-0.3, -0.25) is 9.59 Å². The number of ether oxygens (including phenoxy) is 1. The highest BCUT2D eigenvalue weighted by Gasteiger charge is 2.25. The summed E-state index contributed by atoms with van der Waals surface area (Å²) in [7, 11) is 4.01. The van der Waals surface area contributed by atoms with Crippen LogP contribution < -0.4 is 26.8 Å². The molecule has 1 saturated heterocycles. The van der Waals surface area contributed by atoms with Gasteiger partial charge < -0.3 is 45.7 Å². The zero-order valence-corrected chi connectivity index (χ0v) is 49.1. The molecule has 434 valence electrons. The SMILES string of the molecule is CCN1CCC(c2ccc(-c3nn(-c4ccc(NC(=O)Cc5cc(C(C)(C)C)on5)cc4)c4ncnc(N)c34)cc2)CC1.CN(C)CCOc1ccc(-c2nn(-c3ccc(NC(=O)Cc4cc(C(C)(C)C)on4)cc3)c3ncnc(N)c23)cc1. The largest absolute Gasteiger partial charge is 0.492 e. The number of likely N-dealkylation sites (tertiary alicyclic amines) is 1. The van der Waals surface area contributed by atoms with Gasteiger partial charge in [0.05, 0.1) is 46.4 Å². The molecular formula is C63H72N16O5. The van der Waals surface area contributed by atoms with Crippen molar-refractivity contribution in [1.29, 1.82) is 0 Å². The van der Waals surface area contributed by atoms with E-state index in [1.165, 1.54) is 31.1 Å². The van der Waals surface area contributed by atoms with Gasteiger partial charge in [0, 0.05) is 52.0 Å². The first kappa shape index (κ1) is 57.9. The molecule has 4 aromatic carbocycles. The number of likely N-dealkylation sites (N-methyl/N-ethyl adjacent to an activating group) is 1. The number of aromatic nitrogens is 10. The summed E-state index contributed by atoms with van der Waals surface area (Å²) in [5.74, 6) is 3.21. The lowest BCUT2D eigenvalue weighted by Gasteiger charge is -2.31. The fourth-order valence-electron chi connectivity index (χ4n) is 9.87. The first-order valence-corrected chi connectivity index (χ1v) is 28.2. The van der Waals surface area contributed by atoms with E-state index in [0.717, 1.165) is 71.6 Å². The molecule has 0 radical (unpaired) electrons. The molecule has 0 unspecified atom stereocenters. The Morgan fingerprint density at radius 2 is 1.07 bits per heavy atom. The zero-order valence-electron chi connectivity index (χ0n) is 49.1. The summed E-state index contributed by atoms with van der Waals surface area (Å²) in [6.45, 7) is 19.3. The number of nitrogens with one attached hydrogen (secondary N) is 2. The van der Waals surface area contributed by atoms with Crippen LogP contribution >= 0.6 is 0 Å². The molecular weight excluding hydrogens is 1060 g/mol. The first-order valence-electron chi connectivity index (χ1n) is 28.2. The van der Waals surface area contributed by atoms with Crippen molar-refractivity contribution in [3.05, 3.63) is 150 Å². The Balaban J connectivity index is 0.000000187. The lowest BCUT2D eigenvalue weighted by Crippen LogP contribution is -2.32. The Kier molecular flexibility index (Phi) is 17.0. The van der Waals surface area contributed by atoms with Gasteiger partial charge in [-0.2, -0.15) is 10.2 Å². The Morgan fingerprint density at radius 1 is 0.631 bits per heavy atom. The second-order valence-corrected chi connectivity index (χ2v) is 23.4. The van der Waals surface area contributed by atoms with Gasteiger partial charge >= 0.3 is 0 Å². The number of nitrogen functional groups attached to an aromatic ring is 2. The molecule has 84 heavy (non-hydrogen) atoms. The molecule has 7 heterocycles. The monoisotopic (exact) mass is 1130 g/mol. The Morgan fingerprint density at radius 3 is 1.48 bits per heavy atom. The van der Waals surface area contributed by atoms with Crippen LogP contribution in [0.5, 0.6) is 5.75 Å². The van der Waals surface area contributed by atoms with E-state index in [1.807, 2.05) is 141 Å². The standard InChI is InChI=1S/C33H38N8O2.C30H34N8O3/c1-5-40-16-14-22(15-17-40)21-6-8-23(9-7-21)30-29-31(34)35-20-36-32(29)41(38-30)26-12-10-24(11-13-26)37-28(42)19-25-18-27(43-39-25)33(2,3)4;1-30(2,3)24-16-21(36-41-24)17-25(39)34-20-8-10-22(11-9-20)38-29-26(28(31)32-18-33-29)27(35-38)19-6-12-23(13-7-19)40-15-14-37(4)5/h6-13,18,20,22H,5,14-17,19H2,1-4H3,(H,37,42)(H2,34,35,36);6-13,16,18H,14-15,17H2,1-5H3,(H,34,39)(H2,31,32,33). The number of nitrogens with two attached hydrogens (primary N) is 2. The maximum atomic E-state index is 12.7. The molecule has 6 N–H and O–H groups in total. The molecule has 0 aliphatic carbocycles. The molecule has 21 heteroatoms. The molecule has 1 aliphatic rings. The number of hydrogen-bond donors (Lipinski definition) is 4. The van der Waals surface area contributed by atoms with Gasteiger partial charge in [-0.25, -0.2) is 29.3 Å². The lowest BCUT2D eigenvalue weighted by atomic mass is 9.89. The summed E-state index contributed by atoms with van der Waals surface area (Å²) >= 11 is 0. The van der Waals surface area contributed by atoms with Crippen LogP contribution in [0.4, 0.5) is 23.0 Å². The number of nitrogens with zero attached hydrogens (tertiary/aromatic N) is 12. The van der Waals surface area contributed by atoms with E-state index in [-0.39, 0.29) is 35.5 Å². The average Bonchev–Trinajstić information content (AvgIpc) is 2.84. The van der Waals surface area contributed by atoms with Crippen LogP contribution in [0, 0.1) is 0 Å². The summed E-state index contributed by atoms with van der Waals surface area (Å²) in [6.07, 6.45) is 5.48. The minimum Gasteiger partial charge on any atom is -0.492 e. The van der Waals surface area contributed by atoms with Gasteiger partial charge in [0.25, 0.3) is 0 Å². The van der Waals surface area contributed by atoms with Crippen molar-refractivity contribution in [2.75, 3.05) is 69.0 Å². The predicted molar refractivity (Wildman–Crippen MR) is 326 cm³/mol. The van der Waals surface area contributed by atoms with E-state index >= 15 is 0 Å². The number of benzene rings is 4. The van der Waals surface area contributed by atoms with Crippen LogP contribution in [0.25, 0.3) is 56.0 Å². The number of carbonyl (C=O) groups is 2. The van der Waals surface area contributed by atoms with Crippen molar-refractivity contribution < 1.29 is 23.4 Å². The summed E-state index contributed by atoms with van der Waals surface area (Å²) in [6, 6.07) is 34.9. The van der Waals surface area contributed by atoms with Crippen molar-refractivity contribution in [3.63, 3.8) is 0 Å². The quantitative estimate of drug-likeness (QED) is 0.0701. The minimum atomic E-state index is -0.187. The second-order valence-electron chi connectivity index (χ2n) is 23.4. The second kappa shape index (κ2) is 24.6. The van der Waals surface area contributed by atoms with E-state index < -0.39 is 0 Å². The third-order valence-corrected chi connectivity index (χ3v) is 14.7. The number of piperidine rings is 1. The first-order chi connectivity index (χ1) is 40.3. The summed E-state index contributed by atoms with van der Waals surface area (Å²) in [5.41, 5.74) is 22.1. The molecule has 2 amide bonds. The van der Waals surface area contributed by atoms with E-state index in [0.29, 0.717) is 74.7 Å². The van der Waals surface area contributed by atoms with E-state index in [2.05, 4.69) is 81.9 Å². The van der Waals surface area contributed by atoms with E-state index in [9.17, 15) is 9.59 Å². The molecule has 6 aromatic heterocycles. The summed E-state index contributed by atoms with van der Waals surface area (Å²) in [4.78, 5) is 47.3. The van der Waals surface area contributed by atoms with Crippen LogP contribution in [-0.2, 0) is 33.3 Å². The average molecular weight is 1130 g/mol. The van der Waals surface area contributed by atoms with Crippen molar-refractivity contribution in [2.45, 2.75) is 90.9 Å². The predicted octanol–water partition coefficient (Wildman–Crippen LogP) is 10.2. The molecule has 21 nitrogen and oxygen atoms in total. The maximum absolute atomic E-state index is 12.7. The molecule has 0 spiro atoms. The fourth-order valence-corrected chi connectivity index (χ4v) is 9.87. The van der Waals surface area contributed by atoms with Crippen LogP contribution in [-0.4, -0.2) is 118 Å². The van der Waals surface area contributed by atoms with Gasteiger partial charge in [-0.15, -0.1) is 0 Å². The molecule has 10 aromatic rings. The normalized spacial score (nSPS) is 13.3. The summed E-state index contributed by atoms with van der Waals surface area (Å²) in [5, 5.41) is 25.1. The van der Waals surface area contributed by atoms with Crippen LogP contribution in [0.3, 0.4) is 0 Å². The van der Waals surface area contributed by atoms with E-state index in [4.69, 9.17) is 35.4 Å². The zero-order chi connectivity index (χ0) is 59.3. The number of anilines is 4. The van der Waals surface area contributed by atoms with Crippen LogP contribution in [0.1, 0.15) is 95.7 Å². The molecule has 11 rings (SSSR count). The van der Waals surface area contributed by atoms with Gasteiger partial charge in [-0.05, 0) is 131 Å². The van der Waals surface area contributed by atoms with Crippen LogP contribution in [0.2, 0.25) is 0 Å². The molecule has 0 atom stereocenters. The fraction of sp³-hybridized carbons (Fsp3) is 0.333. The Bertz CT molecular complexity index is 3880. The van der Waals surface area contributed by atoms with Gasteiger partial charge in [-0.1, -0.05) is 83.0 Å². The topological polar surface area (TPSA) is 265 Å². The van der Waals surface area contributed by atoms with Gasteiger partial charge in [0.1, 0.15) is 59.6 Å². The van der Waals surface area contributed by atoms with Gasteiger partial charge in [0.2, 0.25) is 11.8 Å². The number of fused-ring (bicyclic) bond motifs is 2. The molecule has 1 aliphatic heterocycles. The number of hydrogen-bond acceptors (Lipinski definition) is 17. The number of carbonyl (C=O) groups excluding carboxylic acids is 2. The highest BCUT2D eigenvalue weighted by molar-refractivity contribution is 6.00. The number of rotatable bonds is 16. The minimum absolute atomic E-state index is 0.115. The van der Waals surface area contributed by atoms with E-state index in [1.54, 1.807) is 9.36 Å². The highest BCUT2D eigenvalue weighted by Crippen LogP contribution is 2.36. The lowest BCUT2D eigenvalue weighted by molar-refractivity contribution is -0.116. The van der Waals surface area contributed by atoms with Gasteiger partial charge in [0.15, 0.2) is 11.3 Å². The third kappa shape index (κ3) is 13.4. The summed E-state index contributed by atoms with van der Waals surface area (Å²) < 4.78 is 20.1. The Hall–Kier alpha value is -9.34. The van der Waals surface area contributed by atoms with Crippen molar-refractivity contribution in [3.8, 4) is 39.6 Å². The van der Waals surface area contributed by atoms with Crippen molar-refractivity contribution >= 4 is 56.9 Å². The number of amides is 2. The smallest absolute Gasteiger partial charge is 0.230 e.